The number of hydrogen-bond acceptors (Lipinski definition) is 6. The predicted molar refractivity (Wildman–Crippen MR) is 96.1 cm³/mol. The second-order valence-electron chi connectivity index (χ2n) is 5.43. The molecule has 1 amide bonds. The SMILES string of the molecule is Cc1cc(C(=O)NSCc2cccc([N+](=O)[O-])c2)c(OCC(=O)O)cc1F. The zero-order valence-corrected chi connectivity index (χ0v) is 14.9. The Kier molecular flexibility index (Phi) is 6.72. The number of benzene rings is 2. The third-order valence-electron chi connectivity index (χ3n) is 3.38. The van der Waals surface area contributed by atoms with Crippen molar-refractivity contribution in [2.24, 2.45) is 0 Å². The van der Waals surface area contributed by atoms with Crippen LogP contribution in [0.5, 0.6) is 5.75 Å². The van der Waals surface area contributed by atoms with Gasteiger partial charge < -0.3 is 9.84 Å². The third-order valence-corrected chi connectivity index (χ3v) is 4.19. The summed E-state index contributed by atoms with van der Waals surface area (Å²) in [7, 11) is 0. The van der Waals surface area contributed by atoms with Crippen LogP contribution in [-0.4, -0.2) is 28.5 Å². The van der Waals surface area contributed by atoms with E-state index >= 15 is 0 Å². The Morgan fingerprint density at radius 2 is 2.07 bits per heavy atom. The molecule has 0 saturated carbocycles. The van der Waals surface area contributed by atoms with Crippen molar-refractivity contribution >= 4 is 29.5 Å². The standard InChI is InChI=1S/C17H15FN2O6S/c1-10-5-13(15(7-14(10)18)26-8-16(21)22)17(23)19-27-9-11-3-2-4-12(6-11)20(24)25/h2-7H,8-9H2,1H3,(H,19,23)(H,21,22). The molecule has 2 aromatic rings. The number of carboxylic acids is 1. The first-order chi connectivity index (χ1) is 12.8. The second kappa shape index (κ2) is 8.99. The predicted octanol–water partition coefficient (Wildman–Crippen LogP) is 3.08. The molecule has 0 aromatic heterocycles. The van der Waals surface area contributed by atoms with E-state index in [0.29, 0.717) is 5.56 Å². The van der Waals surface area contributed by atoms with E-state index in [0.717, 1.165) is 18.0 Å². The van der Waals surface area contributed by atoms with Crippen LogP contribution in [-0.2, 0) is 10.5 Å². The zero-order chi connectivity index (χ0) is 20.0. The van der Waals surface area contributed by atoms with Crippen LogP contribution >= 0.6 is 11.9 Å². The molecule has 8 nitrogen and oxygen atoms in total. The molecule has 2 rings (SSSR count). The number of nitro benzene ring substituents is 1. The fraction of sp³-hybridized carbons (Fsp3) is 0.176. The van der Waals surface area contributed by atoms with Gasteiger partial charge in [0.2, 0.25) is 0 Å². The van der Waals surface area contributed by atoms with Gasteiger partial charge in [-0.1, -0.05) is 12.1 Å². The van der Waals surface area contributed by atoms with Crippen molar-refractivity contribution < 1.29 is 28.7 Å². The number of nitrogens with one attached hydrogen (secondary N) is 1. The Bertz CT molecular complexity index is 890. The van der Waals surface area contributed by atoms with Gasteiger partial charge in [0, 0.05) is 24.0 Å². The summed E-state index contributed by atoms with van der Waals surface area (Å²) >= 11 is 0.985. The lowest BCUT2D eigenvalue weighted by Crippen LogP contribution is -2.19. The number of nitrogens with zero attached hydrogens (tertiary/aromatic N) is 1. The third kappa shape index (κ3) is 5.68. The molecule has 0 atom stereocenters. The van der Waals surface area contributed by atoms with E-state index in [1.807, 2.05) is 0 Å². The summed E-state index contributed by atoms with van der Waals surface area (Å²) in [5.74, 6) is -2.42. The molecule has 2 N–H and O–H groups in total. The molecule has 142 valence electrons. The van der Waals surface area contributed by atoms with Gasteiger partial charge in [-0.15, -0.1) is 0 Å². The number of rotatable bonds is 8. The highest BCUT2D eigenvalue weighted by Crippen LogP contribution is 2.24. The highest BCUT2D eigenvalue weighted by atomic mass is 32.2. The first kappa shape index (κ1) is 20.2. The number of hydrogen-bond donors (Lipinski definition) is 2. The van der Waals surface area contributed by atoms with Gasteiger partial charge in [-0.2, -0.15) is 0 Å². The van der Waals surface area contributed by atoms with Crippen molar-refractivity contribution in [2.45, 2.75) is 12.7 Å². The largest absolute Gasteiger partial charge is 0.481 e. The summed E-state index contributed by atoms with van der Waals surface area (Å²) < 4.78 is 21.2. The minimum Gasteiger partial charge on any atom is -0.481 e. The molecule has 2 aromatic carbocycles. The van der Waals surface area contributed by atoms with Crippen LogP contribution in [0.2, 0.25) is 0 Å². The molecule has 10 heteroatoms. The van der Waals surface area contributed by atoms with Crippen molar-refractivity contribution in [1.82, 2.24) is 4.72 Å². The van der Waals surface area contributed by atoms with E-state index in [-0.39, 0.29) is 28.3 Å². The normalized spacial score (nSPS) is 10.3. The molecular formula is C17H15FN2O6S. The Morgan fingerprint density at radius 3 is 2.74 bits per heavy atom. The Morgan fingerprint density at radius 1 is 1.33 bits per heavy atom. The summed E-state index contributed by atoms with van der Waals surface area (Å²) in [5.41, 5.74) is 0.762. The van der Waals surface area contributed by atoms with Crippen molar-refractivity contribution in [3.05, 3.63) is 69.0 Å². The summed E-state index contributed by atoms with van der Waals surface area (Å²) in [4.78, 5) is 33.2. The van der Waals surface area contributed by atoms with E-state index in [4.69, 9.17) is 9.84 Å². The highest BCUT2D eigenvalue weighted by Gasteiger charge is 2.17. The zero-order valence-electron chi connectivity index (χ0n) is 14.1. The minimum absolute atomic E-state index is 0.0123. The van der Waals surface area contributed by atoms with Gasteiger partial charge in [-0.05, 0) is 36.1 Å². The van der Waals surface area contributed by atoms with E-state index in [2.05, 4.69) is 4.72 Å². The van der Waals surface area contributed by atoms with Crippen molar-refractivity contribution in [2.75, 3.05) is 6.61 Å². The smallest absolute Gasteiger partial charge is 0.341 e. The van der Waals surface area contributed by atoms with Crippen LogP contribution in [0.1, 0.15) is 21.5 Å². The Labute approximate surface area is 157 Å². The maximum Gasteiger partial charge on any atom is 0.341 e. The molecule has 0 spiro atoms. The fourth-order valence-electron chi connectivity index (χ4n) is 2.10. The Balaban J connectivity index is 2.06. The first-order valence-corrected chi connectivity index (χ1v) is 8.56. The van der Waals surface area contributed by atoms with E-state index in [1.54, 1.807) is 6.07 Å². The van der Waals surface area contributed by atoms with Gasteiger partial charge >= 0.3 is 5.97 Å². The topological polar surface area (TPSA) is 119 Å². The van der Waals surface area contributed by atoms with Crippen LogP contribution in [0, 0.1) is 22.9 Å². The lowest BCUT2D eigenvalue weighted by molar-refractivity contribution is -0.384. The molecule has 0 heterocycles. The van der Waals surface area contributed by atoms with Gasteiger partial charge in [0.1, 0.15) is 11.6 Å². The molecule has 0 aliphatic heterocycles. The number of carbonyl (C=O) groups is 2. The fourth-order valence-corrected chi connectivity index (χ4v) is 2.76. The number of aliphatic carboxylic acids is 1. The van der Waals surface area contributed by atoms with Crippen LogP contribution in [0.25, 0.3) is 0 Å². The maximum absolute atomic E-state index is 13.7. The van der Waals surface area contributed by atoms with Crippen molar-refractivity contribution in [3.8, 4) is 5.75 Å². The van der Waals surface area contributed by atoms with Crippen molar-refractivity contribution in [3.63, 3.8) is 0 Å². The summed E-state index contributed by atoms with van der Waals surface area (Å²) in [5, 5.41) is 19.5. The maximum atomic E-state index is 13.7. The number of amides is 1. The number of halogens is 1. The highest BCUT2D eigenvalue weighted by molar-refractivity contribution is 7.97. The van der Waals surface area contributed by atoms with E-state index in [9.17, 15) is 24.1 Å². The Hall–Kier alpha value is -3.14. The van der Waals surface area contributed by atoms with Crippen molar-refractivity contribution in [1.29, 1.82) is 0 Å². The monoisotopic (exact) mass is 394 g/mol. The van der Waals surface area contributed by atoms with Crippen LogP contribution in [0.3, 0.4) is 0 Å². The number of carboxylic acid groups (broad SMARTS) is 1. The van der Waals surface area contributed by atoms with Crippen LogP contribution in [0.4, 0.5) is 10.1 Å². The number of nitro groups is 1. The quantitative estimate of drug-likeness (QED) is 0.401. The van der Waals surface area contributed by atoms with Gasteiger partial charge in [-0.3, -0.25) is 19.6 Å². The molecule has 27 heavy (non-hydrogen) atoms. The lowest BCUT2D eigenvalue weighted by Gasteiger charge is -2.12. The number of ether oxygens (including phenoxy) is 1. The summed E-state index contributed by atoms with van der Waals surface area (Å²) in [6.45, 7) is 0.743. The molecule has 0 aliphatic rings. The average molecular weight is 394 g/mol. The molecule has 0 saturated heterocycles. The van der Waals surface area contributed by atoms with Gasteiger partial charge in [0.05, 0.1) is 10.5 Å². The molecule has 0 bridgehead atoms. The minimum atomic E-state index is -1.26. The molecule has 0 unspecified atom stereocenters. The molecule has 0 aliphatic carbocycles. The number of aryl methyl sites for hydroxylation is 1. The summed E-state index contributed by atoms with van der Waals surface area (Å²) in [6, 6.07) is 8.18. The first-order valence-electron chi connectivity index (χ1n) is 7.58. The van der Waals surface area contributed by atoms with Crippen LogP contribution in [0.15, 0.2) is 36.4 Å². The second-order valence-corrected chi connectivity index (χ2v) is 6.21. The lowest BCUT2D eigenvalue weighted by atomic mass is 10.1. The van der Waals surface area contributed by atoms with E-state index < -0.39 is 29.2 Å². The van der Waals surface area contributed by atoms with E-state index in [1.165, 1.54) is 31.2 Å². The molecule has 0 fully saturated rings. The van der Waals surface area contributed by atoms with Gasteiger partial charge in [0.25, 0.3) is 11.6 Å². The number of carbonyl (C=O) groups excluding carboxylic acids is 1. The van der Waals surface area contributed by atoms with Gasteiger partial charge in [-0.25, -0.2) is 9.18 Å². The number of non-ortho nitro benzene ring substituents is 1. The van der Waals surface area contributed by atoms with Gasteiger partial charge in [0.15, 0.2) is 6.61 Å². The summed E-state index contributed by atoms with van der Waals surface area (Å²) in [6.07, 6.45) is 0. The van der Waals surface area contributed by atoms with Crippen LogP contribution < -0.4 is 9.46 Å². The molecular weight excluding hydrogens is 379 g/mol. The average Bonchev–Trinajstić information content (AvgIpc) is 2.62. The molecule has 0 radical (unpaired) electrons.